The monoisotopic (exact) mass is 460 g/mol. The standard InChI is InChI=1S/C26H25ClN4O2/c1-19-10-11-25(33-19)23-17-24(31(28-23)22-9-5-8-21(27)16-22)26(32)30-14-12-29(13-15-30)18-20-6-3-2-4-7-20/h2-11,16-17H,12-15,18H2,1H3. The van der Waals surface area contributed by atoms with Crippen molar-refractivity contribution in [3.05, 3.63) is 94.8 Å². The second-order valence-corrected chi connectivity index (χ2v) is 8.71. The molecule has 1 aliphatic heterocycles. The summed E-state index contributed by atoms with van der Waals surface area (Å²) < 4.78 is 7.42. The minimum Gasteiger partial charge on any atom is -0.460 e. The van der Waals surface area contributed by atoms with Crippen LogP contribution in [0.3, 0.4) is 0 Å². The Morgan fingerprint density at radius 3 is 2.45 bits per heavy atom. The number of aromatic nitrogens is 2. The van der Waals surface area contributed by atoms with Crippen LogP contribution in [-0.2, 0) is 6.54 Å². The molecule has 0 spiro atoms. The summed E-state index contributed by atoms with van der Waals surface area (Å²) in [7, 11) is 0. The molecule has 7 heteroatoms. The summed E-state index contributed by atoms with van der Waals surface area (Å²) in [5, 5.41) is 5.29. The molecule has 0 unspecified atom stereocenters. The summed E-state index contributed by atoms with van der Waals surface area (Å²) in [6.45, 7) is 5.78. The van der Waals surface area contributed by atoms with Crippen molar-refractivity contribution in [2.45, 2.75) is 13.5 Å². The lowest BCUT2D eigenvalue weighted by Crippen LogP contribution is -2.48. The number of aryl methyl sites for hydroxylation is 1. The van der Waals surface area contributed by atoms with Crippen LogP contribution in [-0.4, -0.2) is 51.7 Å². The fourth-order valence-corrected chi connectivity index (χ4v) is 4.33. The van der Waals surface area contributed by atoms with Crippen molar-refractivity contribution < 1.29 is 9.21 Å². The number of hydrogen-bond donors (Lipinski definition) is 0. The summed E-state index contributed by atoms with van der Waals surface area (Å²) >= 11 is 6.22. The fourth-order valence-electron chi connectivity index (χ4n) is 4.14. The van der Waals surface area contributed by atoms with Crippen molar-refractivity contribution in [3.8, 4) is 17.1 Å². The molecule has 0 atom stereocenters. The largest absolute Gasteiger partial charge is 0.460 e. The number of halogens is 1. The van der Waals surface area contributed by atoms with Crippen LogP contribution in [0.25, 0.3) is 17.1 Å². The van der Waals surface area contributed by atoms with E-state index >= 15 is 0 Å². The van der Waals surface area contributed by atoms with E-state index in [1.807, 2.05) is 42.2 Å². The molecule has 4 aromatic rings. The van der Waals surface area contributed by atoms with Crippen LogP contribution in [0.5, 0.6) is 0 Å². The highest BCUT2D eigenvalue weighted by Gasteiger charge is 2.27. The molecule has 5 rings (SSSR count). The number of nitrogens with zero attached hydrogens (tertiary/aromatic N) is 4. The van der Waals surface area contributed by atoms with E-state index in [1.165, 1.54) is 5.56 Å². The maximum atomic E-state index is 13.6. The minimum absolute atomic E-state index is 0.0450. The Morgan fingerprint density at radius 1 is 0.970 bits per heavy atom. The number of piperazine rings is 1. The third kappa shape index (κ3) is 4.72. The van der Waals surface area contributed by atoms with E-state index in [4.69, 9.17) is 21.1 Å². The van der Waals surface area contributed by atoms with Gasteiger partial charge in [0.2, 0.25) is 0 Å². The SMILES string of the molecule is Cc1ccc(-c2cc(C(=O)N3CCN(Cc4ccccc4)CC3)n(-c3cccc(Cl)c3)n2)o1. The third-order valence-electron chi connectivity index (χ3n) is 5.88. The lowest BCUT2D eigenvalue weighted by Gasteiger charge is -2.34. The lowest BCUT2D eigenvalue weighted by molar-refractivity contribution is 0.0619. The van der Waals surface area contributed by atoms with E-state index in [1.54, 1.807) is 22.9 Å². The van der Waals surface area contributed by atoms with Gasteiger partial charge in [-0.1, -0.05) is 48.0 Å². The predicted octanol–water partition coefficient (Wildman–Crippen LogP) is 5.05. The van der Waals surface area contributed by atoms with Crippen molar-refractivity contribution in [3.63, 3.8) is 0 Å². The van der Waals surface area contributed by atoms with E-state index < -0.39 is 0 Å². The molecule has 1 amide bonds. The number of amides is 1. The van der Waals surface area contributed by atoms with Gasteiger partial charge < -0.3 is 9.32 Å². The van der Waals surface area contributed by atoms with Crippen molar-refractivity contribution in [2.24, 2.45) is 0 Å². The smallest absolute Gasteiger partial charge is 0.272 e. The van der Waals surface area contributed by atoms with E-state index in [0.717, 1.165) is 31.1 Å². The van der Waals surface area contributed by atoms with E-state index in [-0.39, 0.29) is 5.91 Å². The fraction of sp³-hybridized carbons (Fsp3) is 0.231. The quantitative estimate of drug-likeness (QED) is 0.418. The van der Waals surface area contributed by atoms with Crippen LogP contribution in [0.4, 0.5) is 0 Å². The highest BCUT2D eigenvalue weighted by Crippen LogP contribution is 2.26. The molecule has 1 aliphatic rings. The van der Waals surface area contributed by atoms with E-state index in [0.29, 0.717) is 35.3 Å². The Bertz CT molecular complexity index is 1260. The first kappa shape index (κ1) is 21.5. The molecule has 0 aliphatic carbocycles. The highest BCUT2D eigenvalue weighted by molar-refractivity contribution is 6.30. The van der Waals surface area contributed by atoms with Crippen molar-refractivity contribution in [2.75, 3.05) is 26.2 Å². The zero-order valence-corrected chi connectivity index (χ0v) is 19.2. The number of benzene rings is 2. The Morgan fingerprint density at radius 2 is 1.76 bits per heavy atom. The zero-order valence-electron chi connectivity index (χ0n) is 18.4. The van der Waals surface area contributed by atoms with Crippen LogP contribution < -0.4 is 0 Å². The maximum Gasteiger partial charge on any atom is 0.272 e. The van der Waals surface area contributed by atoms with E-state index in [9.17, 15) is 4.79 Å². The first-order valence-corrected chi connectivity index (χ1v) is 11.4. The molecule has 33 heavy (non-hydrogen) atoms. The summed E-state index contributed by atoms with van der Waals surface area (Å²) in [6.07, 6.45) is 0. The maximum absolute atomic E-state index is 13.6. The van der Waals surface area contributed by atoms with Gasteiger partial charge in [-0.2, -0.15) is 5.10 Å². The van der Waals surface area contributed by atoms with Gasteiger partial charge in [-0.3, -0.25) is 9.69 Å². The van der Waals surface area contributed by atoms with Crippen LogP contribution in [0.1, 0.15) is 21.8 Å². The van der Waals surface area contributed by atoms with Gasteiger partial charge in [0.05, 0.1) is 5.69 Å². The normalized spacial score (nSPS) is 14.5. The molecule has 2 aromatic carbocycles. The molecule has 0 radical (unpaired) electrons. The molecule has 1 saturated heterocycles. The van der Waals surface area contributed by atoms with Gasteiger partial charge in [-0.15, -0.1) is 0 Å². The predicted molar refractivity (Wildman–Crippen MR) is 129 cm³/mol. The first-order chi connectivity index (χ1) is 16.1. The molecule has 6 nitrogen and oxygen atoms in total. The Balaban J connectivity index is 1.38. The molecular weight excluding hydrogens is 436 g/mol. The van der Waals surface area contributed by atoms with Crippen LogP contribution in [0, 0.1) is 6.92 Å². The van der Waals surface area contributed by atoms with Gasteiger partial charge in [-0.25, -0.2) is 4.68 Å². The van der Waals surface area contributed by atoms with Gasteiger partial charge in [-0.05, 0) is 42.8 Å². The summed E-state index contributed by atoms with van der Waals surface area (Å²) in [5.74, 6) is 1.39. The second-order valence-electron chi connectivity index (χ2n) is 8.27. The molecule has 3 heterocycles. The molecule has 0 N–H and O–H groups in total. The molecular formula is C26H25ClN4O2. The Hall–Kier alpha value is -3.35. The zero-order chi connectivity index (χ0) is 22.8. The highest BCUT2D eigenvalue weighted by atomic mass is 35.5. The molecule has 0 bridgehead atoms. The van der Waals surface area contributed by atoms with Crippen molar-refractivity contribution in [1.82, 2.24) is 19.6 Å². The van der Waals surface area contributed by atoms with Crippen molar-refractivity contribution in [1.29, 1.82) is 0 Å². The van der Waals surface area contributed by atoms with Crippen molar-refractivity contribution >= 4 is 17.5 Å². The summed E-state index contributed by atoms with van der Waals surface area (Å²) in [6, 6.07) is 23.3. The molecule has 2 aromatic heterocycles. The molecule has 0 saturated carbocycles. The number of rotatable bonds is 5. The second kappa shape index (κ2) is 9.25. The Kier molecular flexibility index (Phi) is 6.03. The minimum atomic E-state index is -0.0450. The van der Waals surface area contributed by atoms with Crippen LogP contribution >= 0.6 is 11.6 Å². The molecule has 168 valence electrons. The molecule has 1 fully saturated rings. The third-order valence-corrected chi connectivity index (χ3v) is 6.12. The number of hydrogen-bond acceptors (Lipinski definition) is 4. The lowest BCUT2D eigenvalue weighted by atomic mass is 10.2. The van der Waals surface area contributed by atoms with Gasteiger partial charge in [0, 0.05) is 43.8 Å². The van der Waals surface area contributed by atoms with Gasteiger partial charge in [0.15, 0.2) is 5.76 Å². The number of furan rings is 1. The first-order valence-electron chi connectivity index (χ1n) is 11.1. The van der Waals surface area contributed by atoms with Gasteiger partial charge in [0.1, 0.15) is 17.1 Å². The summed E-state index contributed by atoms with van der Waals surface area (Å²) in [4.78, 5) is 17.9. The summed E-state index contributed by atoms with van der Waals surface area (Å²) in [5.41, 5.74) is 3.14. The average Bonchev–Trinajstić information content (AvgIpc) is 3.46. The van der Waals surface area contributed by atoms with Crippen LogP contribution in [0.15, 0.2) is 77.2 Å². The Labute approximate surface area is 198 Å². The number of carbonyl (C=O) groups is 1. The van der Waals surface area contributed by atoms with Gasteiger partial charge in [0.25, 0.3) is 5.91 Å². The van der Waals surface area contributed by atoms with Gasteiger partial charge >= 0.3 is 0 Å². The number of carbonyl (C=O) groups excluding carboxylic acids is 1. The topological polar surface area (TPSA) is 54.5 Å². The average molecular weight is 461 g/mol. The van der Waals surface area contributed by atoms with Crippen LogP contribution in [0.2, 0.25) is 5.02 Å². The van der Waals surface area contributed by atoms with E-state index in [2.05, 4.69) is 29.2 Å².